The Morgan fingerprint density at radius 3 is 2.72 bits per heavy atom. The fourth-order valence-electron chi connectivity index (χ4n) is 1.99. The van der Waals surface area contributed by atoms with Crippen molar-refractivity contribution in [2.75, 3.05) is 5.73 Å². The van der Waals surface area contributed by atoms with E-state index in [0.29, 0.717) is 10.8 Å². The van der Waals surface area contributed by atoms with E-state index in [-0.39, 0.29) is 11.8 Å². The van der Waals surface area contributed by atoms with Crippen LogP contribution in [0.25, 0.3) is 0 Å². The average Bonchev–Trinajstić information content (AvgIpc) is 2.65. The first kappa shape index (κ1) is 13.0. The number of hydrogen-bond donors (Lipinski definition) is 1. The molecule has 1 aromatic rings. The van der Waals surface area contributed by atoms with Gasteiger partial charge in [0.25, 0.3) is 6.29 Å². The van der Waals surface area contributed by atoms with Crippen molar-refractivity contribution in [2.24, 2.45) is 5.16 Å². The van der Waals surface area contributed by atoms with Crippen LogP contribution in [0.1, 0.15) is 44.2 Å². The number of rotatable bonds is 4. The van der Waals surface area contributed by atoms with Crippen molar-refractivity contribution in [3.8, 4) is 0 Å². The van der Waals surface area contributed by atoms with Gasteiger partial charge >= 0.3 is 0 Å². The second kappa shape index (κ2) is 6.49. The van der Waals surface area contributed by atoms with Crippen LogP contribution in [0.5, 0.6) is 0 Å². The maximum atomic E-state index is 10.8. The Kier molecular flexibility index (Phi) is 4.69. The van der Waals surface area contributed by atoms with Crippen molar-refractivity contribution in [3.05, 3.63) is 11.1 Å². The highest BCUT2D eigenvalue weighted by atomic mass is 32.1. The minimum absolute atomic E-state index is 0.0900. The summed E-state index contributed by atoms with van der Waals surface area (Å²) in [5, 5.41) is 5.95. The van der Waals surface area contributed by atoms with Crippen molar-refractivity contribution < 1.29 is 9.63 Å². The molecule has 1 fully saturated rings. The lowest BCUT2D eigenvalue weighted by Gasteiger charge is -2.11. The van der Waals surface area contributed by atoms with Crippen molar-refractivity contribution >= 4 is 28.5 Å². The Bertz CT molecular complexity index is 423. The van der Waals surface area contributed by atoms with Gasteiger partial charge in [-0.2, -0.15) is 0 Å². The normalized spacial score (nSPS) is 18.3. The predicted molar refractivity (Wildman–Crippen MR) is 71.3 cm³/mol. The Labute approximate surface area is 110 Å². The molecule has 0 saturated heterocycles. The third kappa shape index (κ3) is 3.53. The van der Waals surface area contributed by atoms with Crippen LogP contribution in [0.3, 0.4) is 0 Å². The van der Waals surface area contributed by atoms with Crippen LogP contribution in [-0.4, -0.2) is 23.1 Å². The molecule has 0 atom stereocenters. The summed E-state index contributed by atoms with van der Waals surface area (Å²) >= 11 is 1.26. The van der Waals surface area contributed by atoms with Crippen molar-refractivity contribution in [3.63, 3.8) is 0 Å². The van der Waals surface area contributed by atoms with E-state index in [1.807, 2.05) is 0 Å². The van der Waals surface area contributed by atoms with Crippen molar-refractivity contribution in [1.29, 1.82) is 0 Å². The van der Waals surface area contributed by atoms with E-state index in [1.165, 1.54) is 24.2 Å². The molecule has 1 aliphatic rings. The summed E-state index contributed by atoms with van der Waals surface area (Å²) in [6, 6.07) is 0. The Morgan fingerprint density at radius 1 is 1.44 bits per heavy atom. The van der Waals surface area contributed by atoms with Gasteiger partial charge in [-0.3, -0.25) is 4.79 Å². The second-order valence-corrected chi connectivity index (χ2v) is 5.22. The van der Waals surface area contributed by atoms with Gasteiger partial charge < -0.3 is 10.6 Å². The maximum absolute atomic E-state index is 10.8. The van der Waals surface area contributed by atoms with Gasteiger partial charge in [0.15, 0.2) is 10.8 Å². The van der Waals surface area contributed by atoms with Gasteiger partial charge in [0.05, 0.1) is 0 Å². The third-order valence-corrected chi connectivity index (χ3v) is 3.63. The number of oxime groups is 1. The Morgan fingerprint density at radius 2 is 2.17 bits per heavy atom. The molecule has 1 saturated carbocycles. The lowest BCUT2D eigenvalue weighted by molar-refractivity contribution is 0.0490. The van der Waals surface area contributed by atoms with E-state index in [2.05, 4.69) is 10.1 Å². The zero-order valence-electron chi connectivity index (χ0n) is 10.1. The lowest BCUT2D eigenvalue weighted by Crippen LogP contribution is -2.11. The molecule has 18 heavy (non-hydrogen) atoms. The first-order valence-electron chi connectivity index (χ1n) is 6.13. The van der Waals surface area contributed by atoms with Gasteiger partial charge in [-0.05, 0) is 25.7 Å². The molecular formula is C12H16N3O2S. The summed E-state index contributed by atoms with van der Waals surface area (Å²) in [5.74, 6) is 0. The minimum Gasteiger partial charge on any atom is -0.392 e. The standard InChI is InChI=1S/C12H16N3O2S/c13-12-14-11(8-18-12)10(7-16)15-17-9-5-3-1-2-4-6-9/h8-9H,1-6H2,(H2,13,14). The van der Waals surface area contributed by atoms with Crippen molar-refractivity contribution in [2.45, 2.75) is 44.6 Å². The molecule has 2 N–H and O–H groups in total. The molecule has 0 spiro atoms. The average molecular weight is 266 g/mol. The summed E-state index contributed by atoms with van der Waals surface area (Å²) in [6.07, 6.45) is 8.65. The molecule has 0 aromatic carbocycles. The molecule has 0 amide bonds. The number of nitrogen functional groups attached to an aromatic ring is 1. The highest BCUT2D eigenvalue weighted by Gasteiger charge is 2.15. The fraction of sp³-hybridized carbons (Fsp3) is 0.583. The number of aromatic nitrogens is 1. The SMILES string of the molecule is Nc1nc(C([C]=O)=NOC2CCCCCC2)cs1. The molecular weight excluding hydrogens is 250 g/mol. The number of nitrogens with zero attached hydrogens (tertiary/aromatic N) is 2. The summed E-state index contributed by atoms with van der Waals surface area (Å²) in [7, 11) is 0. The quantitative estimate of drug-likeness (QED) is 0.515. The largest absolute Gasteiger partial charge is 0.392 e. The Balaban J connectivity index is 1.99. The third-order valence-electron chi connectivity index (χ3n) is 2.96. The first-order valence-corrected chi connectivity index (χ1v) is 7.01. The molecule has 1 aromatic heterocycles. The molecule has 2 rings (SSSR count). The summed E-state index contributed by atoms with van der Waals surface area (Å²) in [4.78, 5) is 20.3. The zero-order chi connectivity index (χ0) is 12.8. The van der Waals surface area contributed by atoms with E-state index in [4.69, 9.17) is 10.6 Å². The zero-order valence-corrected chi connectivity index (χ0v) is 10.9. The number of carbonyl (C=O) groups excluding carboxylic acids is 1. The fourth-order valence-corrected chi connectivity index (χ4v) is 2.54. The summed E-state index contributed by atoms with van der Waals surface area (Å²) in [6.45, 7) is 0. The van der Waals surface area contributed by atoms with Crippen LogP contribution in [0.4, 0.5) is 5.13 Å². The number of nitrogens with two attached hydrogens (primary N) is 1. The smallest absolute Gasteiger partial charge is 0.259 e. The maximum Gasteiger partial charge on any atom is 0.259 e. The highest BCUT2D eigenvalue weighted by molar-refractivity contribution is 7.13. The van der Waals surface area contributed by atoms with Gasteiger partial charge in [0, 0.05) is 5.38 Å². The van der Waals surface area contributed by atoms with Gasteiger partial charge in [-0.1, -0.05) is 18.0 Å². The number of thiazole rings is 1. The van der Waals surface area contributed by atoms with Crippen LogP contribution >= 0.6 is 11.3 Å². The topological polar surface area (TPSA) is 77.6 Å². The minimum atomic E-state index is 0.0900. The molecule has 0 aliphatic heterocycles. The van der Waals surface area contributed by atoms with E-state index in [1.54, 1.807) is 11.7 Å². The monoisotopic (exact) mass is 266 g/mol. The first-order chi connectivity index (χ1) is 8.79. The van der Waals surface area contributed by atoms with Crippen LogP contribution < -0.4 is 5.73 Å². The van der Waals surface area contributed by atoms with E-state index in [9.17, 15) is 4.79 Å². The van der Waals surface area contributed by atoms with Crippen LogP contribution in [0, 0.1) is 0 Å². The molecule has 0 bridgehead atoms. The summed E-state index contributed by atoms with van der Waals surface area (Å²) in [5.41, 5.74) is 6.03. The van der Waals surface area contributed by atoms with Crippen LogP contribution in [0.15, 0.2) is 10.5 Å². The molecule has 6 heteroatoms. The lowest BCUT2D eigenvalue weighted by atomic mass is 10.2. The molecule has 1 aliphatic carbocycles. The molecule has 5 nitrogen and oxygen atoms in total. The predicted octanol–water partition coefficient (Wildman–Crippen LogP) is 2.28. The van der Waals surface area contributed by atoms with Gasteiger partial charge in [0.1, 0.15) is 11.8 Å². The van der Waals surface area contributed by atoms with E-state index < -0.39 is 0 Å². The molecule has 1 radical (unpaired) electrons. The van der Waals surface area contributed by atoms with Crippen molar-refractivity contribution in [1.82, 2.24) is 4.98 Å². The number of anilines is 1. The van der Waals surface area contributed by atoms with Gasteiger partial charge in [0.2, 0.25) is 0 Å². The van der Waals surface area contributed by atoms with Crippen LogP contribution in [-0.2, 0) is 9.63 Å². The van der Waals surface area contributed by atoms with Gasteiger partial charge in [-0.15, -0.1) is 11.3 Å². The highest BCUT2D eigenvalue weighted by Crippen LogP contribution is 2.20. The van der Waals surface area contributed by atoms with E-state index >= 15 is 0 Å². The second-order valence-electron chi connectivity index (χ2n) is 4.33. The van der Waals surface area contributed by atoms with Gasteiger partial charge in [-0.25, -0.2) is 4.98 Å². The van der Waals surface area contributed by atoms with E-state index in [0.717, 1.165) is 25.7 Å². The number of hydrogen-bond acceptors (Lipinski definition) is 6. The molecule has 97 valence electrons. The molecule has 0 unspecified atom stereocenters. The molecule has 1 heterocycles. The summed E-state index contributed by atoms with van der Waals surface area (Å²) < 4.78 is 0. The van der Waals surface area contributed by atoms with Crippen LogP contribution in [0.2, 0.25) is 0 Å². The Hall–Kier alpha value is -1.43.